The van der Waals surface area contributed by atoms with Crippen LogP contribution in [-0.4, -0.2) is 11.0 Å². The molecule has 1 atom stereocenters. The van der Waals surface area contributed by atoms with Gasteiger partial charge in [0.05, 0.1) is 11.4 Å². The van der Waals surface area contributed by atoms with Crippen LogP contribution in [0, 0.1) is 18.7 Å². The van der Waals surface area contributed by atoms with E-state index in [9.17, 15) is 4.39 Å². The van der Waals surface area contributed by atoms with Gasteiger partial charge in [-0.2, -0.15) is 0 Å². The zero-order valence-electron chi connectivity index (χ0n) is 13.5. The highest BCUT2D eigenvalue weighted by atomic mass is 35.5. The van der Waals surface area contributed by atoms with Crippen LogP contribution in [0.4, 0.5) is 4.39 Å². The van der Waals surface area contributed by atoms with Gasteiger partial charge in [-0.05, 0) is 49.6 Å². The van der Waals surface area contributed by atoms with Gasteiger partial charge < -0.3 is 5.32 Å². The molecule has 2 rings (SSSR count). The molecule has 22 heavy (non-hydrogen) atoms. The fourth-order valence-corrected chi connectivity index (χ4v) is 2.29. The highest BCUT2D eigenvalue weighted by molar-refractivity contribution is 6.30. The molecule has 0 fully saturated rings. The summed E-state index contributed by atoms with van der Waals surface area (Å²) in [4.78, 5) is 4.48. The normalized spacial score (nSPS) is 12.7. The number of aromatic nitrogens is 1. The van der Waals surface area contributed by atoms with Gasteiger partial charge in [0.15, 0.2) is 0 Å². The molecule has 0 radical (unpaired) electrons. The zero-order chi connectivity index (χ0) is 16.3. The molecule has 1 heterocycles. The first-order chi connectivity index (χ1) is 10.4. The lowest BCUT2D eigenvalue weighted by Gasteiger charge is -2.17. The maximum absolute atomic E-state index is 14.0. The third-order valence-electron chi connectivity index (χ3n) is 3.99. The molecule has 0 amide bonds. The largest absolute Gasteiger partial charge is 0.308 e. The van der Waals surface area contributed by atoms with Crippen LogP contribution in [0.3, 0.4) is 0 Å². The minimum Gasteiger partial charge on any atom is -0.308 e. The molecule has 1 N–H and O–H groups in total. The van der Waals surface area contributed by atoms with Gasteiger partial charge in [0.25, 0.3) is 0 Å². The van der Waals surface area contributed by atoms with Crippen molar-refractivity contribution in [2.24, 2.45) is 5.92 Å². The number of hydrogen-bond acceptors (Lipinski definition) is 2. The van der Waals surface area contributed by atoms with Gasteiger partial charge in [0, 0.05) is 23.2 Å². The summed E-state index contributed by atoms with van der Waals surface area (Å²) in [6.45, 7) is 8.77. The fraction of sp³-hybridized carbons (Fsp3) is 0.389. The molecule has 1 aromatic carbocycles. The summed E-state index contributed by atoms with van der Waals surface area (Å²) in [6.07, 6.45) is 0. The maximum atomic E-state index is 14.0. The number of nitrogens with one attached hydrogen (secondary N) is 1. The van der Waals surface area contributed by atoms with E-state index in [4.69, 9.17) is 11.6 Å². The van der Waals surface area contributed by atoms with Crippen LogP contribution >= 0.6 is 11.6 Å². The van der Waals surface area contributed by atoms with Crippen molar-refractivity contribution in [1.29, 1.82) is 0 Å². The van der Waals surface area contributed by atoms with Crippen molar-refractivity contribution in [3.05, 3.63) is 52.4 Å². The predicted octanol–water partition coefficient (Wildman–Crippen LogP) is 4.98. The Balaban J connectivity index is 2.28. The molecule has 0 bridgehead atoms. The summed E-state index contributed by atoms with van der Waals surface area (Å²) in [5.74, 6) is 0.202. The first kappa shape index (κ1) is 16.9. The number of rotatable bonds is 5. The van der Waals surface area contributed by atoms with Crippen molar-refractivity contribution in [2.75, 3.05) is 0 Å². The second-order valence-corrected chi connectivity index (χ2v) is 6.43. The molecule has 2 nitrogen and oxygen atoms in total. The Morgan fingerprint density at radius 1 is 1.18 bits per heavy atom. The quantitative estimate of drug-likeness (QED) is 0.840. The minimum absolute atomic E-state index is 0.285. The van der Waals surface area contributed by atoms with Crippen LogP contribution in [-0.2, 0) is 6.54 Å². The number of pyridine rings is 1. The van der Waals surface area contributed by atoms with E-state index in [2.05, 4.69) is 31.1 Å². The van der Waals surface area contributed by atoms with Crippen LogP contribution in [0.5, 0.6) is 0 Å². The molecule has 0 aliphatic rings. The number of aryl methyl sites for hydroxylation is 1. The van der Waals surface area contributed by atoms with Crippen LogP contribution < -0.4 is 5.32 Å². The SMILES string of the molecule is Cc1ccc(Cl)cc1-c1ccc(F)c(CN[C@H](C)C(C)C)n1. The number of nitrogens with zero attached hydrogens (tertiary/aromatic N) is 1. The van der Waals surface area contributed by atoms with E-state index < -0.39 is 0 Å². The lowest BCUT2D eigenvalue weighted by atomic mass is 10.0. The molecule has 118 valence electrons. The second kappa shape index (κ2) is 7.21. The van der Waals surface area contributed by atoms with Crippen molar-refractivity contribution < 1.29 is 4.39 Å². The van der Waals surface area contributed by atoms with Crippen molar-refractivity contribution in [1.82, 2.24) is 10.3 Å². The second-order valence-electron chi connectivity index (χ2n) is 6.00. The molecule has 2 aromatic rings. The van der Waals surface area contributed by atoms with Crippen LogP contribution in [0.1, 0.15) is 32.0 Å². The Hall–Kier alpha value is -1.45. The summed E-state index contributed by atoms with van der Waals surface area (Å²) >= 11 is 6.06. The zero-order valence-corrected chi connectivity index (χ0v) is 14.2. The Bertz CT molecular complexity index is 656. The summed E-state index contributed by atoms with van der Waals surface area (Å²) < 4.78 is 14.0. The van der Waals surface area contributed by atoms with Crippen LogP contribution in [0.25, 0.3) is 11.3 Å². The summed E-state index contributed by atoms with van der Waals surface area (Å²) in [5, 5.41) is 3.97. The summed E-state index contributed by atoms with van der Waals surface area (Å²) in [7, 11) is 0. The summed E-state index contributed by atoms with van der Waals surface area (Å²) in [5.41, 5.74) is 3.18. The van der Waals surface area contributed by atoms with E-state index in [1.165, 1.54) is 6.07 Å². The monoisotopic (exact) mass is 320 g/mol. The molecule has 0 saturated heterocycles. The van der Waals surface area contributed by atoms with Crippen LogP contribution in [0.15, 0.2) is 30.3 Å². The lowest BCUT2D eigenvalue weighted by molar-refractivity contribution is 0.418. The van der Waals surface area contributed by atoms with E-state index >= 15 is 0 Å². The predicted molar refractivity (Wildman–Crippen MR) is 90.5 cm³/mol. The lowest BCUT2D eigenvalue weighted by Crippen LogP contribution is -2.30. The molecule has 0 saturated carbocycles. The van der Waals surface area contributed by atoms with E-state index in [1.807, 2.05) is 25.1 Å². The summed E-state index contributed by atoms with van der Waals surface area (Å²) in [6, 6.07) is 9.13. The highest BCUT2D eigenvalue weighted by Crippen LogP contribution is 2.26. The number of benzene rings is 1. The Kier molecular flexibility index (Phi) is 5.54. The minimum atomic E-state index is -0.285. The van der Waals surface area contributed by atoms with Crippen LogP contribution in [0.2, 0.25) is 5.02 Å². The third kappa shape index (κ3) is 4.05. The first-order valence-electron chi connectivity index (χ1n) is 7.54. The van der Waals surface area contributed by atoms with Crippen molar-refractivity contribution in [2.45, 2.75) is 40.3 Å². The smallest absolute Gasteiger partial charge is 0.146 e. The van der Waals surface area contributed by atoms with E-state index in [1.54, 1.807) is 6.07 Å². The Morgan fingerprint density at radius 2 is 1.91 bits per heavy atom. The third-order valence-corrected chi connectivity index (χ3v) is 4.22. The van der Waals surface area contributed by atoms with Crippen molar-refractivity contribution in [3.8, 4) is 11.3 Å². The Morgan fingerprint density at radius 3 is 2.59 bits per heavy atom. The molecule has 1 aromatic heterocycles. The van der Waals surface area contributed by atoms with E-state index in [0.29, 0.717) is 29.2 Å². The molecule has 0 aliphatic heterocycles. The number of hydrogen-bond donors (Lipinski definition) is 1. The van der Waals surface area contributed by atoms with Gasteiger partial charge in [0.1, 0.15) is 5.82 Å². The average Bonchev–Trinajstić information content (AvgIpc) is 2.48. The van der Waals surface area contributed by atoms with Crippen molar-refractivity contribution >= 4 is 11.6 Å². The van der Waals surface area contributed by atoms with Gasteiger partial charge in [-0.25, -0.2) is 9.37 Å². The first-order valence-corrected chi connectivity index (χ1v) is 7.91. The van der Waals surface area contributed by atoms with Gasteiger partial charge in [0.2, 0.25) is 0 Å². The van der Waals surface area contributed by atoms with Gasteiger partial charge >= 0.3 is 0 Å². The van der Waals surface area contributed by atoms with Gasteiger partial charge in [-0.15, -0.1) is 0 Å². The molecule has 0 unspecified atom stereocenters. The van der Waals surface area contributed by atoms with E-state index in [-0.39, 0.29) is 5.82 Å². The fourth-order valence-electron chi connectivity index (χ4n) is 2.12. The van der Waals surface area contributed by atoms with Gasteiger partial charge in [-0.1, -0.05) is 31.5 Å². The molecule has 0 spiro atoms. The molecule has 0 aliphatic carbocycles. The molecule has 4 heteroatoms. The van der Waals surface area contributed by atoms with E-state index in [0.717, 1.165) is 16.8 Å². The number of halogens is 2. The topological polar surface area (TPSA) is 24.9 Å². The highest BCUT2D eigenvalue weighted by Gasteiger charge is 2.12. The van der Waals surface area contributed by atoms with Gasteiger partial charge in [-0.3, -0.25) is 0 Å². The molecular weight excluding hydrogens is 299 g/mol. The maximum Gasteiger partial charge on any atom is 0.146 e. The van der Waals surface area contributed by atoms with Crippen molar-refractivity contribution in [3.63, 3.8) is 0 Å². The molecular formula is C18H22ClFN2. The average molecular weight is 321 g/mol. The standard InChI is InChI=1S/C18H22ClFN2/c1-11(2)13(4)21-10-18-16(20)7-8-17(22-18)15-9-14(19)6-5-12(15)3/h5-9,11,13,21H,10H2,1-4H3/t13-/m1/s1. The Labute approximate surface area is 136 Å².